The number of rotatable bonds is 7. The largest absolute Gasteiger partial charge is 0.321 e. The fraction of sp³-hybridized carbons (Fsp3) is 0.130. The Morgan fingerprint density at radius 1 is 0.833 bits per heavy atom. The number of amides is 1. The van der Waals surface area contributed by atoms with E-state index in [9.17, 15) is 18.0 Å². The molecule has 154 valence electrons. The number of anilines is 2. The van der Waals surface area contributed by atoms with Gasteiger partial charge in [0.15, 0.2) is 5.78 Å². The maximum absolute atomic E-state index is 12.8. The number of hydrogen-bond donors (Lipinski definition) is 1. The number of sulfonamides is 1. The Labute approximate surface area is 176 Å². The van der Waals surface area contributed by atoms with Crippen LogP contribution in [0.5, 0.6) is 0 Å². The van der Waals surface area contributed by atoms with E-state index in [4.69, 9.17) is 0 Å². The van der Waals surface area contributed by atoms with Gasteiger partial charge in [-0.1, -0.05) is 42.5 Å². The lowest BCUT2D eigenvalue weighted by Crippen LogP contribution is -2.29. The van der Waals surface area contributed by atoms with Crippen molar-refractivity contribution in [3.05, 3.63) is 95.6 Å². The van der Waals surface area contributed by atoms with Crippen molar-refractivity contribution in [1.82, 2.24) is 0 Å². The predicted octanol–water partition coefficient (Wildman–Crippen LogP) is 3.96. The first kappa shape index (κ1) is 21.3. The van der Waals surface area contributed by atoms with Crippen LogP contribution < -0.4 is 9.62 Å². The van der Waals surface area contributed by atoms with Crippen LogP contribution in [-0.2, 0) is 10.0 Å². The van der Waals surface area contributed by atoms with Crippen LogP contribution in [0.15, 0.2) is 78.9 Å². The molecule has 0 aliphatic heterocycles. The standard InChI is InChI=1S/C23H22N2O4S/c1-3-25(30(2,28)29)19-15-13-18(14-16-19)23(27)24-21-12-8-7-11-20(21)22(26)17-9-5-4-6-10-17/h4-16H,3H2,1-2H3,(H,24,27). The summed E-state index contributed by atoms with van der Waals surface area (Å²) in [5.74, 6) is -0.578. The highest BCUT2D eigenvalue weighted by molar-refractivity contribution is 7.92. The quantitative estimate of drug-likeness (QED) is 0.584. The highest BCUT2D eigenvalue weighted by atomic mass is 32.2. The van der Waals surface area contributed by atoms with E-state index < -0.39 is 15.9 Å². The number of carbonyl (C=O) groups is 2. The Hall–Kier alpha value is -3.45. The second-order valence-electron chi connectivity index (χ2n) is 6.67. The number of nitrogens with zero attached hydrogens (tertiary/aromatic N) is 1. The number of para-hydroxylation sites is 1. The number of hydrogen-bond acceptors (Lipinski definition) is 4. The zero-order valence-electron chi connectivity index (χ0n) is 16.7. The van der Waals surface area contributed by atoms with Gasteiger partial charge in [0.2, 0.25) is 10.0 Å². The van der Waals surface area contributed by atoms with Crippen LogP contribution in [0.2, 0.25) is 0 Å². The molecule has 0 bridgehead atoms. The van der Waals surface area contributed by atoms with Gasteiger partial charge >= 0.3 is 0 Å². The van der Waals surface area contributed by atoms with Gasteiger partial charge < -0.3 is 5.32 Å². The van der Waals surface area contributed by atoms with Gasteiger partial charge in [0.25, 0.3) is 5.91 Å². The summed E-state index contributed by atoms with van der Waals surface area (Å²) >= 11 is 0. The summed E-state index contributed by atoms with van der Waals surface area (Å²) in [7, 11) is -3.40. The SMILES string of the molecule is CCN(c1ccc(C(=O)Nc2ccccc2C(=O)c2ccccc2)cc1)S(C)(=O)=O. The summed E-state index contributed by atoms with van der Waals surface area (Å²) in [4.78, 5) is 25.5. The number of ketones is 1. The van der Waals surface area contributed by atoms with Crippen molar-refractivity contribution in [3.8, 4) is 0 Å². The van der Waals surface area contributed by atoms with E-state index in [2.05, 4.69) is 5.32 Å². The average Bonchev–Trinajstić information content (AvgIpc) is 2.74. The minimum Gasteiger partial charge on any atom is -0.321 e. The first-order chi connectivity index (χ1) is 14.3. The molecule has 0 saturated heterocycles. The molecule has 0 atom stereocenters. The molecule has 0 unspecified atom stereocenters. The number of carbonyl (C=O) groups excluding carboxylic acids is 2. The number of benzene rings is 3. The third-order valence-electron chi connectivity index (χ3n) is 4.56. The summed E-state index contributed by atoms with van der Waals surface area (Å²) in [5.41, 5.74) is 2.17. The molecule has 0 aliphatic carbocycles. The minimum absolute atomic E-state index is 0.186. The molecular weight excluding hydrogens is 400 g/mol. The van der Waals surface area contributed by atoms with E-state index in [0.29, 0.717) is 34.6 Å². The topological polar surface area (TPSA) is 83.6 Å². The van der Waals surface area contributed by atoms with Crippen LogP contribution in [0.3, 0.4) is 0 Å². The monoisotopic (exact) mass is 422 g/mol. The molecule has 3 rings (SSSR count). The minimum atomic E-state index is -3.40. The third-order valence-corrected chi connectivity index (χ3v) is 5.83. The van der Waals surface area contributed by atoms with Gasteiger partial charge in [0.1, 0.15) is 0 Å². The molecule has 0 saturated carbocycles. The van der Waals surface area contributed by atoms with Gasteiger partial charge in [-0.05, 0) is 43.3 Å². The van der Waals surface area contributed by atoms with Crippen LogP contribution in [0.1, 0.15) is 33.2 Å². The molecule has 0 aliphatic rings. The van der Waals surface area contributed by atoms with Gasteiger partial charge in [-0.2, -0.15) is 0 Å². The van der Waals surface area contributed by atoms with Gasteiger partial charge in [-0.25, -0.2) is 8.42 Å². The number of nitrogens with one attached hydrogen (secondary N) is 1. The normalized spacial score (nSPS) is 11.0. The fourth-order valence-corrected chi connectivity index (χ4v) is 4.09. The van der Waals surface area contributed by atoms with Crippen molar-refractivity contribution in [2.75, 3.05) is 22.4 Å². The summed E-state index contributed by atoms with van der Waals surface area (Å²) < 4.78 is 25.0. The summed E-state index contributed by atoms with van der Waals surface area (Å²) in [5, 5.41) is 2.78. The first-order valence-electron chi connectivity index (χ1n) is 9.39. The second-order valence-corrected chi connectivity index (χ2v) is 8.58. The lowest BCUT2D eigenvalue weighted by atomic mass is 10.0. The molecular formula is C23H22N2O4S. The Bertz CT molecular complexity index is 1160. The highest BCUT2D eigenvalue weighted by Crippen LogP contribution is 2.22. The van der Waals surface area contributed by atoms with Crippen molar-refractivity contribution >= 4 is 33.1 Å². The second kappa shape index (κ2) is 8.92. The molecule has 0 fully saturated rings. The lowest BCUT2D eigenvalue weighted by molar-refractivity contribution is 0.102. The summed E-state index contributed by atoms with van der Waals surface area (Å²) in [6, 6.07) is 21.9. The molecule has 7 heteroatoms. The molecule has 0 radical (unpaired) electrons. The first-order valence-corrected chi connectivity index (χ1v) is 11.2. The van der Waals surface area contributed by atoms with E-state index in [1.807, 2.05) is 6.07 Å². The lowest BCUT2D eigenvalue weighted by Gasteiger charge is -2.20. The Morgan fingerprint density at radius 2 is 1.43 bits per heavy atom. The smallest absolute Gasteiger partial charge is 0.255 e. The molecule has 1 N–H and O–H groups in total. The van der Waals surface area contributed by atoms with Crippen LogP contribution >= 0.6 is 0 Å². The van der Waals surface area contributed by atoms with Crippen molar-refractivity contribution in [2.24, 2.45) is 0 Å². The van der Waals surface area contributed by atoms with Crippen LogP contribution in [0.25, 0.3) is 0 Å². The van der Waals surface area contributed by atoms with Gasteiger partial charge in [-0.3, -0.25) is 13.9 Å². The molecule has 0 spiro atoms. The highest BCUT2D eigenvalue weighted by Gasteiger charge is 2.17. The van der Waals surface area contributed by atoms with Gasteiger partial charge in [0.05, 0.1) is 17.6 Å². The van der Waals surface area contributed by atoms with Gasteiger partial charge in [-0.15, -0.1) is 0 Å². The van der Waals surface area contributed by atoms with E-state index in [0.717, 1.165) is 6.26 Å². The van der Waals surface area contributed by atoms with E-state index in [-0.39, 0.29) is 5.78 Å². The average molecular weight is 423 g/mol. The third kappa shape index (κ3) is 4.75. The predicted molar refractivity (Wildman–Crippen MR) is 119 cm³/mol. The maximum atomic E-state index is 12.8. The Kier molecular flexibility index (Phi) is 6.32. The van der Waals surface area contributed by atoms with Gasteiger partial charge in [0, 0.05) is 23.2 Å². The molecule has 3 aromatic carbocycles. The van der Waals surface area contributed by atoms with Crippen LogP contribution in [-0.4, -0.2) is 32.9 Å². The van der Waals surface area contributed by atoms with Crippen molar-refractivity contribution in [2.45, 2.75) is 6.92 Å². The maximum Gasteiger partial charge on any atom is 0.255 e. The zero-order chi connectivity index (χ0) is 21.7. The summed E-state index contributed by atoms with van der Waals surface area (Å²) in [6.07, 6.45) is 1.14. The molecule has 1 amide bonds. The molecule has 30 heavy (non-hydrogen) atoms. The molecule has 0 heterocycles. The Balaban J connectivity index is 1.83. The van der Waals surface area contributed by atoms with Crippen LogP contribution in [0.4, 0.5) is 11.4 Å². The Morgan fingerprint density at radius 3 is 2.03 bits per heavy atom. The summed E-state index contributed by atoms with van der Waals surface area (Å²) in [6.45, 7) is 2.03. The van der Waals surface area contributed by atoms with E-state index >= 15 is 0 Å². The van der Waals surface area contributed by atoms with Crippen molar-refractivity contribution < 1.29 is 18.0 Å². The molecule has 3 aromatic rings. The van der Waals surface area contributed by atoms with E-state index in [1.54, 1.807) is 79.7 Å². The molecule has 0 aromatic heterocycles. The van der Waals surface area contributed by atoms with E-state index in [1.165, 1.54) is 4.31 Å². The van der Waals surface area contributed by atoms with Crippen molar-refractivity contribution in [3.63, 3.8) is 0 Å². The fourth-order valence-electron chi connectivity index (χ4n) is 3.12. The van der Waals surface area contributed by atoms with Crippen molar-refractivity contribution in [1.29, 1.82) is 0 Å². The van der Waals surface area contributed by atoms with Crippen LogP contribution in [0, 0.1) is 0 Å². The molecule has 6 nitrogen and oxygen atoms in total. The zero-order valence-corrected chi connectivity index (χ0v) is 17.5.